The monoisotopic (exact) mass is 487 g/mol. The Labute approximate surface area is 192 Å². The van der Waals surface area contributed by atoms with E-state index >= 15 is 0 Å². The molecule has 1 aromatic carbocycles. The second-order valence-corrected chi connectivity index (χ2v) is 8.28. The van der Waals surface area contributed by atoms with Gasteiger partial charge in [-0.2, -0.15) is 13.2 Å². The number of carbonyl (C=O) groups is 1. The number of aliphatic imine (C=N–C) groups is 1. The van der Waals surface area contributed by atoms with Gasteiger partial charge in [-0.15, -0.1) is 0 Å². The van der Waals surface area contributed by atoms with E-state index in [1.807, 2.05) is 0 Å². The molecule has 11 heteroatoms. The zero-order chi connectivity index (χ0) is 24.6. The third-order valence-electron chi connectivity index (χ3n) is 5.43. The topological polar surface area (TPSA) is 86.8 Å². The number of rotatable bonds is 6. The lowest BCUT2D eigenvalue weighted by molar-refractivity contribution is -0.249. The number of aromatic nitrogens is 1. The number of carbonyl (C=O) groups excluding carboxylic acids is 1. The number of pyridine rings is 1. The first kappa shape index (κ1) is 24.9. The van der Waals surface area contributed by atoms with Crippen molar-refractivity contribution in [2.75, 3.05) is 13.2 Å². The van der Waals surface area contributed by atoms with Gasteiger partial charge in [-0.05, 0) is 44.5 Å². The van der Waals surface area contributed by atoms with Gasteiger partial charge in [0, 0.05) is 18.1 Å². The molecule has 2 aromatic rings. The van der Waals surface area contributed by atoms with Gasteiger partial charge in [0.25, 0.3) is 0 Å². The van der Waals surface area contributed by atoms with Crippen molar-refractivity contribution in [1.29, 1.82) is 0 Å². The van der Waals surface area contributed by atoms with Gasteiger partial charge in [-0.3, -0.25) is 9.79 Å². The Morgan fingerprint density at radius 1 is 1.27 bits per heavy atom. The molecule has 0 radical (unpaired) electrons. The summed E-state index contributed by atoms with van der Waals surface area (Å²) in [6.45, 7) is 3.78. The molecule has 0 saturated carbocycles. The van der Waals surface area contributed by atoms with Crippen molar-refractivity contribution in [1.82, 2.24) is 4.98 Å². The summed E-state index contributed by atoms with van der Waals surface area (Å²) in [5.41, 5.74) is 1.83. The molecule has 0 fully saturated rings. The summed E-state index contributed by atoms with van der Waals surface area (Å²) in [6.07, 6.45) is -4.95. The van der Waals surface area contributed by atoms with E-state index in [4.69, 9.17) is 26.8 Å². The molecule has 1 aromatic heterocycles. The number of nitrogens with two attached hydrogens (primary N) is 1. The van der Waals surface area contributed by atoms with E-state index in [-0.39, 0.29) is 34.4 Å². The zero-order valence-corrected chi connectivity index (χ0v) is 18.9. The van der Waals surface area contributed by atoms with Gasteiger partial charge in [0.15, 0.2) is 5.78 Å². The van der Waals surface area contributed by atoms with Crippen LogP contribution in [0.25, 0.3) is 0 Å². The van der Waals surface area contributed by atoms with Gasteiger partial charge in [0.05, 0.1) is 18.8 Å². The second-order valence-electron chi connectivity index (χ2n) is 7.93. The van der Waals surface area contributed by atoms with Crippen molar-refractivity contribution in [3.05, 3.63) is 58.0 Å². The predicted molar refractivity (Wildman–Crippen MR) is 114 cm³/mol. The molecule has 0 saturated heterocycles. The summed E-state index contributed by atoms with van der Waals surface area (Å²) in [7, 11) is 0. The number of amidine groups is 1. The Bertz CT molecular complexity index is 1110. The van der Waals surface area contributed by atoms with Crippen molar-refractivity contribution in [2.45, 2.75) is 44.5 Å². The second kappa shape index (κ2) is 8.90. The van der Waals surface area contributed by atoms with E-state index in [0.29, 0.717) is 12.2 Å². The molecule has 1 aliphatic rings. The fourth-order valence-corrected chi connectivity index (χ4v) is 3.61. The van der Waals surface area contributed by atoms with Gasteiger partial charge in [0.1, 0.15) is 22.3 Å². The molecule has 0 bridgehead atoms. The van der Waals surface area contributed by atoms with Crippen LogP contribution < -0.4 is 10.5 Å². The van der Waals surface area contributed by atoms with Crippen LogP contribution in [0.15, 0.2) is 35.3 Å². The maximum atomic E-state index is 14.7. The molecule has 0 amide bonds. The van der Waals surface area contributed by atoms with E-state index in [1.165, 1.54) is 31.2 Å². The fourth-order valence-electron chi connectivity index (χ4n) is 3.36. The van der Waals surface area contributed by atoms with E-state index in [1.54, 1.807) is 6.92 Å². The van der Waals surface area contributed by atoms with Crippen molar-refractivity contribution in [3.63, 3.8) is 0 Å². The average Bonchev–Trinajstić information content (AvgIpc) is 2.72. The molecule has 0 spiro atoms. The number of halogens is 5. The largest absolute Gasteiger partial charge is 0.478 e. The number of hydrogen-bond acceptors (Lipinski definition) is 6. The molecule has 178 valence electrons. The molecule has 0 unspecified atom stereocenters. The number of benzene rings is 1. The summed E-state index contributed by atoms with van der Waals surface area (Å²) in [5, 5.41) is -0.0373. The smallest absolute Gasteiger partial charge is 0.424 e. The third kappa shape index (κ3) is 4.81. The summed E-state index contributed by atoms with van der Waals surface area (Å²) in [5.74, 6) is -1.64. The molecule has 3 rings (SSSR count). The van der Waals surface area contributed by atoms with Crippen LogP contribution in [0.1, 0.15) is 42.3 Å². The molecular formula is C22H22ClF4N3O3. The Kier molecular flexibility index (Phi) is 6.72. The van der Waals surface area contributed by atoms with E-state index < -0.39 is 35.6 Å². The lowest BCUT2D eigenvalue weighted by Crippen LogP contribution is -2.60. The highest BCUT2D eigenvalue weighted by atomic mass is 35.5. The fraction of sp³-hybridized carbons (Fsp3) is 0.409. The van der Waals surface area contributed by atoms with Gasteiger partial charge in [-0.1, -0.05) is 17.7 Å². The first-order valence-electron chi connectivity index (χ1n) is 9.98. The van der Waals surface area contributed by atoms with Crippen molar-refractivity contribution in [2.24, 2.45) is 10.7 Å². The number of alkyl halides is 3. The SMILES string of the molecule is CCOc1ccc(C(=O)Cc2ccc(F)c([C@]3(C)CO[C@@](C)(C(F)(F)F)C(N)=N3)c2)c(Cl)n1. The molecule has 1 aliphatic heterocycles. The summed E-state index contributed by atoms with van der Waals surface area (Å²) >= 11 is 6.09. The minimum Gasteiger partial charge on any atom is -0.478 e. The molecular weight excluding hydrogens is 466 g/mol. The van der Waals surface area contributed by atoms with Crippen LogP contribution in [0.2, 0.25) is 5.15 Å². The van der Waals surface area contributed by atoms with Crippen LogP contribution in [-0.4, -0.2) is 41.6 Å². The van der Waals surface area contributed by atoms with Crippen LogP contribution in [0, 0.1) is 5.82 Å². The molecule has 33 heavy (non-hydrogen) atoms. The average molecular weight is 488 g/mol. The lowest BCUT2D eigenvalue weighted by atomic mass is 9.88. The van der Waals surface area contributed by atoms with Crippen LogP contribution in [0.3, 0.4) is 0 Å². The van der Waals surface area contributed by atoms with Crippen molar-refractivity contribution >= 4 is 23.2 Å². The van der Waals surface area contributed by atoms with E-state index in [0.717, 1.165) is 13.0 Å². The highest BCUT2D eigenvalue weighted by molar-refractivity contribution is 6.32. The Hall–Kier alpha value is -2.72. The van der Waals surface area contributed by atoms with Gasteiger partial charge < -0.3 is 15.2 Å². The first-order valence-corrected chi connectivity index (χ1v) is 10.4. The number of hydrogen-bond donors (Lipinski definition) is 1. The third-order valence-corrected chi connectivity index (χ3v) is 5.72. The van der Waals surface area contributed by atoms with Gasteiger partial charge in [0.2, 0.25) is 11.5 Å². The normalized spacial score (nSPS) is 23.2. The molecule has 2 atom stereocenters. The van der Waals surface area contributed by atoms with Crippen LogP contribution in [0.5, 0.6) is 5.88 Å². The standard InChI is InChI=1S/C22H22ClF4N3O3/c1-4-32-17-8-6-13(18(23)29-17)16(31)10-12-5-7-15(24)14(9-12)20(2)11-33-21(3,19(28)30-20)22(25,26)27/h5-9H,4,10-11H2,1-3H3,(H2,28,30)/t20-,21+/m0/s1. The van der Waals surface area contributed by atoms with Crippen LogP contribution in [0.4, 0.5) is 17.6 Å². The van der Waals surface area contributed by atoms with Gasteiger partial charge in [-0.25, -0.2) is 9.37 Å². The Balaban J connectivity index is 1.90. The quantitative estimate of drug-likeness (QED) is 0.365. The number of nitrogens with zero attached hydrogens (tertiary/aromatic N) is 2. The molecule has 2 N–H and O–H groups in total. The molecule has 6 nitrogen and oxygen atoms in total. The highest BCUT2D eigenvalue weighted by Gasteiger charge is 2.59. The number of Topliss-reactive ketones (excluding diaryl/α,β-unsaturated/α-hetero) is 1. The zero-order valence-electron chi connectivity index (χ0n) is 18.1. The van der Waals surface area contributed by atoms with Crippen LogP contribution >= 0.6 is 11.6 Å². The predicted octanol–water partition coefficient (Wildman–Crippen LogP) is 4.62. The van der Waals surface area contributed by atoms with Gasteiger partial charge >= 0.3 is 6.18 Å². The maximum absolute atomic E-state index is 14.7. The van der Waals surface area contributed by atoms with E-state index in [9.17, 15) is 22.4 Å². The van der Waals surface area contributed by atoms with E-state index in [2.05, 4.69) is 9.98 Å². The Morgan fingerprint density at radius 2 is 1.97 bits per heavy atom. The summed E-state index contributed by atoms with van der Waals surface area (Å²) in [4.78, 5) is 20.7. The lowest BCUT2D eigenvalue weighted by Gasteiger charge is -2.41. The van der Waals surface area contributed by atoms with Crippen molar-refractivity contribution < 1.29 is 31.8 Å². The summed E-state index contributed by atoms with van der Waals surface area (Å²) < 4.78 is 65.0. The molecule has 0 aliphatic carbocycles. The first-order chi connectivity index (χ1) is 15.3. The highest BCUT2D eigenvalue weighted by Crippen LogP contribution is 2.41. The summed E-state index contributed by atoms with van der Waals surface area (Å²) in [6, 6.07) is 6.86. The minimum atomic E-state index is -4.79. The van der Waals surface area contributed by atoms with Crippen molar-refractivity contribution in [3.8, 4) is 5.88 Å². The number of ketones is 1. The van der Waals surface area contributed by atoms with Crippen LogP contribution in [-0.2, 0) is 16.7 Å². The minimum absolute atomic E-state index is 0.0373. The Morgan fingerprint density at radius 3 is 2.55 bits per heavy atom. The molecule has 2 heterocycles. The number of ether oxygens (including phenoxy) is 2. The maximum Gasteiger partial charge on any atom is 0.424 e.